The van der Waals surface area contributed by atoms with Gasteiger partial charge in [0.1, 0.15) is 17.8 Å². The molecule has 82 valence electrons. The third kappa shape index (κ3) is 0.761. The number of Topliss-reactive ketones (excluding diaryl/α,β-unsaturated/α-hetero) is 1. The first-order valence-corrected chi connectivity index (χ1v) is 5.84. The van der Waals surface area contributed by atoms with Crippen molar-refractivity contribution in [2.45, 2.75) is 19.3 Å². The lowest BCUT2D eigenvalue weighted by atomic mass is 9.99. The molecule has 4 heteroatoms. The largest absolute Gasteiger partial charge is 0.341 e. The van der Waals surface area contributed by atoms with Gasteiger partial charge >= 0.3 is 0 Å². The molecule has 2 unspecified atom stereocenters. The third-order valence-electron chi connectivity index (χ3n) is 4.41. The van der Waals surface area contributed by atoms with Gasteiger partial charge in [0.15, 0.2) is 5.78 Å². The van der Waals surface area contributed by atoms with Crippen LogP contribution >= 0.6 is 0 Å². The van der Waals surface area contributed by atoms with Crippen LogP contribution in [0.2, 0.25) is 0 Å². The fourth-order valence-corrected chi connectivity index (χ4v) is 3.69. The second-order valence-electron chi connectivity index (χ2n) is 5.01. The van der Waals surface area contributed by atoms with Gasteiger partial charge in [-0.1, -0.05) is 6.42 Å². The molecule has 0 spiro atoms. The minimum atomic E-state index is -0.269. The van der Waals surface area contributed by atoms with Crippen molar-refractivity contribution in [3.05, 3.63) is 17.8 Å². The van der Waals surface area contributed by atoms with E-state index in [9.17, 15) is 9.59 Å². The van der Waals surface area contributed by atoms with Crippen LogP contribution in [-0.4, -0.2) is 41.2 Å². The number of rotatable bonds is 1. The lowest BCUT2D eigenvalue weighted by Gasteiger charge is -2.25. The quantitative estimate of drug-likeness (QED) is 0.585. The highest BCUT2D eigenvalue weighted by Crippen LogP contribution is 2.69. The molecule has 2 bridgehead atoms. The van der Waals surface area contributed by atoms with Crippen molar-refractivity contribution in [1.29, 1.82) is 0 Å². The standard InChI is InChI=1S/C12H12N2O2/c15-7-8-6-13-4-5-14(8)11(13)12-3-1-2-9(12)10(12)16/h1-6H2. The molecular weight excluding hydrogens is 204 g/mol. The molecule has 2 heterocycles. The van der Waals surface area contributed by atoms with Crippen molar-refractivity contribution in [2.75, 3.05) is 19.6 Å². The minimum Gasteiger partial charge on any atom is -0.341 e. The summed E-state index contributed by atoms with van der Waals surface area (Å²) in [6, 6.07) is 0. The molecule has 2 aliphatic carbocycles. The number of fused-ring (bicyclic) bond motifs is 4. The van der Waals surface area contributed by atoms with E-state index < -0.39 is 0 Å². The average Bonchev–Trinajstić information content (AvgIpc) is 2.82. The average molecular weight is 216 g/mol. The van der Waals surface area contributed by atoms with Crippen LogP contribution in [0.5, 0.6) is 0 Å². The van der Waals surface area contributed by atoms with Crippen molar-refractivity contribution < 1.29 is 9.59 Å². The van der Waals surface area contributed by atoms with E-state index in [1.165, 1.54) is 0 Å². The molecule has 4 rings (SSSR count). The summed E-state index contributed by atoms with van der Waals surface area (Å²) in [7, 11) is 0. The van der Waals surface area contributed by atoms with E-state index in [0.29, 0.717) is 18.0 Å². The molecule has 2 saturated heterocycles. The summed E-state index contributed by atoms with van der Waals surface area (Å²) in [5.41, 5.74) is 0.441. The van der Waals surface area contributed by atoms with Gasteiger partial charge in [-0.25, -0.2) is 4.79 Å². The number of hydrogen-bond donors (Lipinski definition) is 0. The number of hydrogen-bond acceptors (Lipinski definition) is 4. The summed E-state index contributed by atoms with van der Waals surface area (Å²) in [4.78, 5) is 26.9. The molecule has 16 heavy (non-hydrogen) atoms. The summed E-state index contributed by atoms with van der Waals surface area (Å²) in [6.45, 7) is 2.45. The van der Waals surface area contributed by atoms with Gasteiger partial charge in [-0.05, 0) is 12.8 Å². The number of carbonyl (C=O) groups excluding carboxylic acids is 2. The van der Waals surface area contributed by atoms with Gasteiger partial charge in [-0.3, -0.25) is 9.69 Å². The van der Waals surface area contributed by atoms with Crippen LogP contribution < -0.4 is 0 Å². The number of nitrogens with zero attached hydrogens (tertiary/aromatic N) is 2. The Labute approximate surface area is 93.9 Å². The van der Waals surface area contributed by atoms with Crippen LogP contribution in [0.15, 0.2) is 5.70 Å². The van der Waals surface area contributed by atoms with Crippen LogP contribution in [0.4, 0.5) is 0 Å². The molecule has 4 nitrogen and oxygen atoms in total. The van der Waals surface area contributed by atoms with Crippen LogP contribution in [-0.2, 0) is 9.59 Å². The number of carbonyl (C=O) groups is 1. The summed E-state index contributed by atoms with van der Waals surface area (Å²) >= 11 is 0. The lowest BCUT2D eigenvalue weighted by Crippen LogP contribution is -2.30. The normalized spacial score (nSPS) is 41.8. The summed E-state index contributed by atoms with van der Waals surface area (Å²) < 4.78 is 0. The van der Waals surface area contributed by atoms with Gasteiger partial charge in [0.2, 0.25) is 0 Å². The molecule has 0 amide bonds. The number of ketones is 1. The highest BCUT2D eigenvalue weighted by Gasteiger charge is 2.76. The Morgan fingerprint density at radius 2 is 2.19 bits per heavy atom. The SMILES string of the molecule is O=C=C1CN2CCN1[C]2C12CCC[C]1C2=O. The highest BCUT2D eigenvalue weighted by molar-refractivity contribution is 6.19. The lowest BCUT2D eigenvalue weighted by molar-refractivity contribution is -0.113. The van der Waals surface area contributed by atoms with E-state index in [2.05, 4.69) is 4.90 Å². The molecule has 0 N–H and O–H groups in total. The van der Waals surface area contributed by atoms with Crippen molar-refractivity contribution in [3.63, 3.8) is 0 Å². The molecule has 2 radical (unpaired) electrons. The van der Waals surface area contributed by atoms with E-state index in [1.54, 1.807) is 0 Å². The smallest absolute Gasteiger partial charge is 0.152 e. The van der Waals surface area contributed by atoms with E-state index >= 15 is 0 Å². The fourth-order valence-electron chi connectivity index (χ4n) is 3.69. The van der Waals surface area contributed by atoms with Gasteiger partial charge < -0.3 is 4.90 Å². The first-order valence-electron chi connectivity index (χ1n) is 5.84. The Balaban J connectivity index is 1.75. The molecule has 0 aromatic carbocycles. The van der Waals surface area contributed by atoms with Crippen LogP contribution in [0.1, 0.15) is 19.3 Å². The summed E-state index contributed by atoms with van der Waals surface area (Å²) in [5, 5.41) is 0. The Kier molecular flexibility index (Phi) is 1.45. The predicted octanol–water partition coefficient (Wildman–Crippen LogP) is 0.150. The van der Waals surface area contributed by atoms with Crippen LogP contribution in [0.25, 0.3) is 0 Å². The zero-order valence-electron chi connectivity index (χ0n) is 8.95. The summed E-state index contributed by atoms with van der Waals surface area (Å²) in [5.74, 6) is 3.44. The molecule has 4 fully saturated rings. The first-order chi connectivity index (χ1) is 7.79. The van der Waals surface area contributed by atoms with Crippen molar-refractivity contribution >= 4 is 11.7 Å². The Bertz CT molecular complexity index is 440. The molecule has 2 aliphatic heterocycles. The van der Waals surface area contributed by atoms with Gasteiger partial charge in [0.05, 0.1) is 17.9 Å². The second-order valence-corrected chi connectivity index (χ2v) is 5.01. The predicted molar refractivity (Wildman–Crippen MR) is 55.3 cm³/mol. The maximum Gasteiger partial charge on any atom is 0.152 e. The molecule has 0 aromatic heterocycles. The molecular formula is C12H12N2O2. The Morgan fingerprint density at radius 3 is 2.81 bits per heavy atom. The molecule has 4 aliphatic rings. The van der Waals surface area contributed by atoms with Gasteiger partial charge in [-0.2, -0.15) is 0 Å². The van der Waals surface area contributed by atoms with Crippen LogP contribution in [0, 0.1) is 17.5 Å². The second kappa shape index (κ2) is 2.58. The fraction of sp³-hybridized carbons (Fsp3) is 0.583. The summed E-state index contributed by atoms with van der Waals surface area (Å²) in [6.07, 6.45) is 4.13. The van der Waals surface area contributed by atoms with Crippen LogP contribution in [0.3, 0.4) is 0 Å². The van der Waals surface area contributed by atoms with Gasteiger partial charge in [-0.15, -0.1) is 0 Å². The Morgan fingerprint density at radius 1 is 1.31 bits per heavy atom. The van der Waals surface area contributed by atoms with Gasteiger partial charge in [0.25, 0.3) is 0 Å². The van der Waals surface area contributed by atoms with Crippen molar-refractivity contribution in [3.8, 4) is 0 Å². The minimum absolute atomic E-state index is 0.269. The monoisotopic (exact) mass is 216 g/mol. The maximum absolute atomic E-state index is 11.9. The topological polar surface area (TPSA) is 40.6 Å². The van der Waals surface area contributed by atoms with Crippen molar-refractivity contribution in [2.24, 2.45) is 5.41 Å². The van der Waals surface area contributed by atoms with Gasteiger partial charge in [0, 0.05) is 13.1 Å². The van der Waals surface area contributed by atoms with E-state index in [-0.39, 0.29) is 5.41 Å². The first kappa shape index (κ1) is 8.97. The van der Waals surface area contributed by atoms with Crippen molar-refractivity contribution in [1.82, 2.24) is 9.80 Å². The zero-order chi connectivity index (χ0) is 10.9. The highest BCUT2D eigenvalue weighted by atomic mass is 16.1. The zero-order valence-corrected chi connectivity index (χ0v) is 8.95. The Hall–Kier alpha value is -1.12. The van der Waals surface area contributed by atoms with E-state index in [1.807, 2.05) is 10.8 Å². The molecule has 2 atom stereocenters. The number of piperazine rings is 1. The molecule has 0 aromatic rings. The third-order valence-corrected chi connectivity index (χ3v) is 4.41. The maximum atomic E-state index is 11.9. The van der Waals surface area contributed by atoms with E-state index in [0.717, 1.165) is 44.4 Å². The van der Waals surface area contributed by atoms with E-state index in [4.69, 9.17) is 0 Å². The molecule has 2 saturated carbocycles.